The van der Waals surface area contributed by atoms with Crippen LogP contribution >= 0.6 is 11.6 Å². The molecule has 6 nitrogen and oxygen atoms in total. The van der Waals surface area contributed by atoms with Crippen LogP contribution in [0.2, 0.25) is 5.02 Å². The Hall–Kier alpha value is -2.08. The molecule has 2 rings (SSSR count). The Balaban J connectivity index is 1.72. The number of nitrogens with one attached hydrogen (secondary N) is 1. The van der Waals surface area contributed by atoms with E-state index in [0.29, 0.717) is 10.8 Å². The third-order valence-electron chi connectivity index (χ3n) is 4.02. The molecule has 1 aliphatic carbocycles. The average Bonchev–Trinajstić information content (AvgIpc) is 2.60. The molecule has 7 heteroatoms. The van der Waals surface area contributed by atoms with Gasteiger partial charge < -0.3 is 9.47 Å². The van der Waals surface area contributed by atoms with Crippen LogP contribution in [0, 0.1) is 5.92 Å². The minimum absolute atomic E-state index is 0.126. The van der Waals surface area contributed by atoms with Crippen LogP contribution in [0.1, 0.15) is 39.0 Å². The van der Waals surface area contributed by atoms with Gasteiger partial charge in [-0.15, -0.1) is 0 Å². The summed E-state index contributed by atoms with van der Waals surface area (Å²) in [7, 11) is 0. The number of hydrogen-bond donors (Lipinski definition) is 1. The highest BCUT2D eigenvalue weighted by atomic mass is 35.5. The van der Waals surface area contributed by atoms with Crippen molar-refractivity contribution in [2.45, 2.75) is 45.1 Å². The van der Waals surface area contributed by atoms with Gasteiger partial charge in [-0.1, -0.05) is 36.9 Å². The smallest absolute Gasteiger partial charge is 0.347 e. The van der Waals surface area contributed by atoms with E-state index in [9.17, 15) is 14.4 Å². The highest BCUT2D eigenvalue weighted by molar-refractivity contribution is 6.30. The second kappa shape index (κ2) is 9.42. The maximum atomic E-state index is 12.0. The van der Waals surface area contributed by atoms with Gasteiger partial charge in [0.2, 0.25) is 5.91 Å². The maximum Gasteiger partial charge on any atom is 0.347 e. The van der Waals surface area contributed by atoms with Gasteiger partial charge >= 0.3 is 5.97 Å². The van der Waals surface area contributed by atoms with Gasteiger partial charge in [0.25, 0.3) is 5.91 Å². The van der Waals surface area contributed by atoms with Gasteiger partial charge in [0.05, 0.1) is 0 Å². The Morgan fingerprint density at radius 3 is 2.64 bits per heavy atom. The molecule has 1 saturated carbocycles. The lowest BCUT2D eigenvalue weighted by Gasteiger charge is -2.20. The van der Waals surface area contributed by atoms with Crippen molar-refractivity contribution >= 4 is 29.4 Å². The first-order valence-electron chi connectivity index (χ1n) is 8.38. The molecule has 1 fully saturated rings. The Labute approximate surface area is 151 Å². The number of carbonyl (C=O) groups excluding carboxylic acids is 3. The van der Waals surface area contributed by atoms with Crippen LogP contribution in [-0.4, -0.2) is 30.5 Å². The minimum atomic E-state index is -0.902. The molecule has 0 heterocycles. The number of imide groups is 1. The van der Waals surface area contributed by atoms with Crippen molar-refractivity contribution in [1.29, 1.82) is 0 Å². The minimum Gasteiger partial charge on any atom is -0.479 e. The molecule has 1 aromatic rings. The van der Waals surface area contributed by atoms with Crippen molar-refractivity contribution in [3.8, 4) is 5.75 Å². The summed E-state index contributed by atoms with van der Waals surface area (Å²) in [6.45, 7) is 0.995. The topological polar surface area (TPSA) is 81.7 Å². The van der Waals surface area contributed by atoms with E-state index in [-0.39, 0.29) is 11.8 Å². The van der Waals surface area contributed by atoms with Gasteiger partial charge in [-0.3, -0.25) is 14.9 Å². The summed E-state index contributed by atoms with van der Waals surface area (Å²) in [6, 6.07) is 6.61. The van der Waals surface area contributed by atoms with Crippen molar-refractivity contribution < 1.29 is 23.9 Å². The Morgan fingerprint density at radius 1 is 1.24 bits per heavy atom. The average molecular weight is 368 g/mol. The number of halogens is 1. The molecule has 0 aromatic heterocycles. The second-order valence-corrected chi connectivity index (χ2v) is 6.51. The molecule has 0 spiro atoms. The van der Waals surface area contributed by atoms with Crippen molar-refractivity contribution in [2.75, 3.05) is 6.61 Å². The van der Waals surface area contributed by atoms with E-state index < -0.39 is 24.6 Å². The van der Waals surface area contributed by atoms with Crippen LogP contribution in [-0.2, 0) is 19.1 Å². The normalized spacial score (nSPS) is 15.9. The fraction of sp³-hybridized carbons (Fsp3) is 0.500. The van der Waals surface area contributed by atoms with E-state index in [4.69, 9.17) is 21.1 Å². The van der Waals surface area contributed by atoms with Gasteiger partial charge in [0.1, 0.15) is 5.75 Å². The van der Waals surface area contributed by atoms with Crippen molar-refractivity contribution in [3.63, 3.8) is 0 Å². The summed E-state index contributed by atoms with van der Waals surface area (Å²) in [5.41, 5.74) is 0. The van der Waals surface area contributed by atoms with Gasteiger partial charge in [-0.05, 0) is 38.0 Å². The van der Waals surface area contributed by atoms with Crippen molar-refractivity contribution in [2.24, 2.45) is 5.92 Å². The molecule has 0 bridgehead atoms. The number of benzene rings is 1. The monoisotopic (exact) mass is 367 g/mol. The molecule has 1 atom stereocenters. The zero-order valence-corrected chi connectivity index (χ0v) is 14.9. The van der Waals surface area contributed by atoms with E-state index in [0.717, 1.165) is 32.1 Å². The lowest BCUT2D eigenvalue weighted by molar-refractivity contribution is -0.155. The second-order valence-electron chi connectivity index (χ2n) is 6.07. The van der Waals surface area contributed by atoms with E-state index in [2.05, 4.69) is 5.32 Å². The molecule has 25 heavy (non-hydrogen) atoms. The first-order valence-corrected chi connectivity index (χ1v) is 8.76. The lowest BCUT2D eigenvalue weighted by Crippen LogP contribution is -2.39. The van der Waals surface area contributed by atoms with Gasteiger partial charge in [-0.2, -0.15) is 0 Å². The van der Waals surface area contributed by atoms with E-state index >= 15 is 0 Å². The summed E-state index contributed by atoms with van der Waals surface area (Å²) in [6.07, 6.45) is 3.81. The Bertz CT molecular complexity index is 628. The number of hydrogen-bond acceptors (Lipinski definition) is 5. The first kappa shape index (κ1) is 19.2. The third kappa shape index (κ3) is 6.38. The van der Waals surface area contributed by atoms with Crippen molar-refractivity contribution in [1.82, 2.24) is 5.32 Å². The molecule has 1 aromatic carbocycles. The number of amides is 2. The summed E-state index contributed by atoms with van der Waals surface area (Å²) < 4.78 is 10.3. The first-order chi connectivity index (χ1) is 12.0. The highest BCUT2D eigenvalue weighted by Crippen LogP contribution is 2.23. The largest absolute Gasteiger partial charge is 0.479 e. The van der Waals surface area contributed by atoms with Crippen LogP contribution in [0.3, 0.4) is 0 Å². The fourth-order valence-electron chi connectivity index (χ4n) is 2.69. The van der Waals surface area contributed by atoms with Gasteiger partial charge in [-0.25, -0.2) is 4.79 Å². The molecule has 2 amide bonds. The molecule has 1 N–H and O–H groups in total. The van der Waals surface area contributed by atoms with Crippen LogP contribution in [0.5, 0.6) is 5.75 Å². The Morgan fingerprint density at radius 2 is 1.96 bits per heavy atom. The van der Waals surface area contributed by atoms with Gasteiger partial charge in [0, 0.05) is 10.9 Å². The number of rotatable bonds is 6. The third-order valence-corrected chi connectivity index (χ3v) is 4.26. The zero-order valence-electron chi connectivity index (χ0n) is 14.1. The fourth-order valence-corrected chi connectivity index (χ4v) is 2.87. The SMILES string of the molecule is CC(Oc1cccc(Cl)c1)C(=O)OCC(=O)NC(=O)C1CCCCC1. The van der Waals surface area contributed by atoms with E-state index in [1.807, 2.05) is 0 Å². The van der Waals surface area contributed by atoms with Crippen LogP contribution < -0.4 is 10.1 Å². The van der Waals surface area contributed by atoms with Crippen LogP contribution in [0.25, 0.3) is 0 Å². The summed E-state index contributed by atoms with van der Waals surface area (Å²) in [4.78, 5) is 35.6. The van der Waals surface area contributed by atoms with E-state index in [1.54, 1.807) is 24.3 Å². The summed E-state index contributed by atoms with van der Waals surface area (Å²) >= 11 is 5.84. The predicted molar refractivity (Wildman–Crippen MR) is 92.2 cm³/mol. The molecular formula is C18H22ClNO5. The predicted octanol–water partition coefficient (Wildman–Crippen LogP) is 2.87. The molecule has 0 saturated heterocycles. The molecule has 0 radical (unpaired) electrons. The Kier molecular flexibility index (Phi) is 7.25. The molecule has 1 aliphatic rings. The summed E-state index contributed by atoms with van der Waals surface area (Å²) in [5, 5.41) is 2.77. The number of carbonyl (C=O) groups is 3. The lowest BCUT2D eigenvalue weighted by atomic mass is 9.89. The molecule has 0 aliphatic heterocycles. The molecule has 136 valence electrons. The van der Waals surface area contributed by atoms with Crippen molar-refractivity contribution in [3.05, 3.63) is 29.3 Å². The standard InChI is InChI=1S/C18H22ClNO5/c1-12(25-15-9-5-8-14(19)10-15)18(23)24-11-16(21)20-17(22)13-6-3-2-4-7-13/h5,8-10,12-13H,2-4,6-7,11H2,1H3,(H,20,21,22). The summed E-state index contributed by atoms with van der Waals surface area (Å²) in [5.74, 6) is -1.31. The number of esters is 1. The quantitative estimate of drug-likeness (QED) is 0.782. The van der Waals surface area contributed by atoms with Crippen LogP contribution in [0.15, 0.2) is 24.3 Å². The zero-order chi connectivity index (χ0) is 18.2. The molecular weight excluding hydrogens is 346 g/mol. The molecule has 1 unspecified atom stereocenters. The maximum absolute atomic E-state index is 12.0. The van der Waals surface area contributed by atoms with E-state index in [1.165, 1.54) is 6.92 Å². The highest BCUT2D eigenvalue weighted by Gasteiger charge is 2.23. The number of ether oxygens (including phenoxy) is 2. The van der Waals surface area contributed by atoms with Gasteiger partial charge in [0.15, 0.2) is 12.7 Å². The van der Waals surface area contributed by atoms with Crippen LogP contribution in [0.4, 0.5) is 0 Å².